The van der Waals surface area contributed by atoms with Crippen LogP contribution in [0.3, 0.4) is 0 Å². The fourth-order valence-corrected chi connectivity index (χ4v) is 0.571. The summed E-state index contributed by atoms with van der Waals surface area (Å²) in [6, 6.07) is 0. The Kier molecular flexibility index (Phi) is 3.87. The SMILES string of the molecule is CC[C@H](Br)C(=O)NC. The molecule has 0 heterocycles. The monoisotopic (exact) mass is 179 g/mol. The second-order valence-electron chi connectivity index (χ2n) is 1.49. The van der Waals surface area contributed by atoms with Crippen molar-refractivity contribution in [2.45, 2.75) is 18.2 Å². The summed E-state index contributed by atoms with van der Waals surface area (Å²) in [5.74, 6) is 0.0486. The minimum atomic E-state index is -0.0208. The van der Waals surface area contributed by atoms with Gasteiger partial charge in [-0.25, -0.2) is 0 Å². The number of hydrogen-bond donors (Lipinski definition) is 1. The molecule has 0 aromatic rings. The second kappa shape index (κ2) is 3.89. The van der Waals surface area contributed by atoms with Crippen molar-refractivity contribution in [1.29, 1.82) is 0 Å². The van der Waals surface area contributed by atoms with Crippen LogP contribution in [-0.4, -0.2) is 17.8 Å². The summed E-state index contributed by atoms with van der Waals surface area (Å²) in [6.07, 6.45) is 0.833. The predicted octanol–water partition coefficient (Wildman–Crippen LogP) is 0.906. The van der Waals surface area contributed by atoms with Crippen molar-refractivity contribution in [3.63, 3.8) is 0 Å². The van der Waals surface area contributed by atoms with E-state index in [1.807, 2.05) is 6.92 Å². The Bertz CT molecular complexity index is 84.5. The average molecular weight is 180 g/mol. The lowest BCUT2D eigenvalue weighted by Crippen LogP contribution is -2.26. The van der Waals surface area contributed by atoms with Crippen LogP contribution < -0.4 is 5.32 Å². The molecule has 0 aliphatic rings. The second-order valence-corrected chi connectivity index (χ2v) is 2.60. The van der Waals surface area contributed by atoms with Crippen molar-refractivity contribution in [3.8, 4) is 0 Å². The highest BCUT2D eigenvalue weighted by molar-refractivity contribution is 9.10. The van der Waals surface area contributed by atoms with E-state index in [-0.39, 0.29) is 10.7 Å². The number of amides is 1. The van der Waals surface area contributed by atoms with E-state index in [1.165, 1.54) is 0 Å². The van der Waals surface area contributed by atoms with Crippen LogP contribution in [0.25, 0.3) is 0 Å². The van der Waals surface area contributed by atoms with Gasteiger partial charge in [0.05, 0.1) is 4.83 Å². The summed E-state index contributed by atoms with van der Waals surface area (Å²) in [4.78, 5) is 10.6. The average Bonchev–Trinajstić information content (AvgIpc) is 1.84. The number of carbonyl (C=O) groups excluding carboxylic acids is 1. The Hall–Kier alpha value is -0.0500. The van der Waals surface area contributed by atoms with Crippen LogP contribution in [0.4, 0.5) is 0 Å². The lowest BCUT2D eigenvalue weighted by molar-refractivity contribution is -0.119. The van der Waals surface area contributed by atoms with E-state index in [0.717, 1.165) is 6.42 Å². The molecule has 0 fully saturated rings. The molecule has 0 unspecified atom stereocenters. The van der Waals surface area contributed by atoms with Gasteiger partial charge in [-0.05, 0) is 6.42 Å². The minimum Gasteiger partial charge on any atom is -0.358 e. The van der Waals surface area contributed by atoms with E-state index in [0.29, 0.717) is 0 Å². The van der Waals surface area contributed by atoms with Crippen molar-refractivity contribution in [2.75, 3.05) is 7.05 Å². The van der Waals surface area contributed by atoms with Gasteiger partial charge in [0.25, 0.3) is 0 Å². The zero-order chi connectivity index (χ0) is 6.57. The van der Waals surface area contributed by atoms with E-state index in [9.17, 15) is 4.79 Å². The molecule has 48 valence electrons. The van der Waals surface area contributed by atoms with Crippen LogP contribution in [0, 0.1) is 0 Å². The number of nitrogens with one attached hydrogen (secondary N) is 1. The van der Waals surface area contributed by atoms with Crippen LogP contribution in [-0.2, 0) is 4.79 Å². The maximum Gasteiger partial charge on any atom is 0.233 e. The van der Waals surface area contributed by atoms with Crippen molar-refractivity contribution >= 4 is 21.8 Å². The minimum absolute atomic E-state index is 0.0208. The first-order chi connectivity index (χ1) is 3.72. The third-order valence-corrected chi connectivity index (χ3v) is 1.95. The molecule has 1 N–H and O–H groups in total. The molecule has 1 amide bonds. The van der Waals surface area contributed by atoms with Crippen LogP contribution in [0.2, 0.25) is 0 Å². The Morgan fingerprint density at radius 2 is 2.38 bits per heavy atom. The van der Waals surface area contributed by atoms with Crippen molar-refractivity contribution in [3.05, 3.63) is 0 Å². The summed E-state index contributed by atoms with van der Waals surface area (Å²) in [7, 11) is 1.63. The first kappa shape index (κ1) is 7.95. The largest absolute Gasteiger partial charge is 0.358 e. The molecular formula is C5H10BrNO. The van der Waals surface area contributed by atoms with Gasteiger partial charge < -0.3 is 5.32 Å². The molecule has 0 bridgehead atoms. The van der Waals surface area contributed by atoms with Crippen LogP contribution in [0.1, 0.15) is 13.3 Å². The highest BCUT2D eigenvalue weighted by Gasteiger charge is 2.07. The van der Waals surface area contributed by atoms with Crippen molar-refractivity contribution in [1.82, 2.24) is 5.32 Å². The molecule has 3 heteroatoms. The molecule has 0 radical (unpaired) electrons. The number of alkyl halides is 1. The van der Waals surface area contributed by atoms with Gasteiger partial charge in [-0.15, -0.1) is 0 Å². The first-order valence-electron chi connectivity index (χ1n) is 2.58. The Morgan fingerprint density at radius 3 is 2.50 bits per heavy atom. The Labute approximate surface area is 57.8 Å². The molecule has 0 aliphatic heterocycles. The lowest BCUT2D eigenvalue weighted by Gasteiger charge is -2.01. The molecule has 2 nitrogen and oxygen atoms in total. The Balaban J connectivity index is 3.46. The van der Waals surface area contributed by atoms with Gasteiger partial charge >= 0.3 is 0 Å². The smallest absolute Gasteiger partial charge is 0.233 e. The third-order valence-electron chi connectivity index (χ3n) is 0.889. The molecule has 0 aromatic carbocycles. The van der Waals surface area contributed by atoms with E-state index < -0.39 is 0 Å². The van der Waals surface area contributed by atoms with Crippen molar-refractivity contribution in [2.24, 2.45) is 0 Å². The normalized spacial score (nSPS) is 12.9. The molecule has 0 aliphatic carbocycles. The van der Waals surface area contributed by atoms with Gasteiger partial charge in [0.2, 0.25) is 5.91 Å². The number of halogens is 1. The molecule has 1 atom stereocenters. The lowest BCUT2D eigenvalue weighted by atomic mass is 10.3. The highest BCUT2D eigenvalue weighted by atomic mass is 79.9. The van der Waals surface area contributed by atoms with Crippen LogP contribution in [0.15, 0.2) is 0 Å². The highest BCUT2D eigenvalue weighted by Crippen LogP contribution is 2.02. The standard InChI is InChI=1S/C5H10BrNO/c1-3-4(6)5(8)7-2/h4H,3H2,1-2H3,(H,7,8)/t4-/m0/s1. The first-order valence-corrected chi connectivity index (χ1v) is 3.49. The van der Waals surface area contributed by atoms with Gasteiger partial charge in [-0.1, -0.05) is 22.9 Å². The van der Waals surface area contributed by atoms with E-state index in [4.69, 9.17) is 0 Å². The molecule has 0 rings (SSSR count). The molecular weight excluding hydrogens is 170 g/mol. The molecule has 0 saturated heterocycles. The van der Waals surface area contributed by atoms with E-state index in [2.05, 4.69) is 21.2 Å². The summed E-state index contributed by atoms with van der Waals surface area (Å²) in [5, 5.41) is 2.53. The summed E-state index contributed by atoms with van der Waals surface area (Å²) in [5.41, 5.74) is 0. The summed E-state index contributed by atoms with van der Waals surface area (Å²) < 4.78 is 0. The van der Waals surface area contributed by atoms with Crippen molar-refractivity contribution < 1.29 is 4.79 Å². The molecule has 0 spiro atoms. The van der Waals surface area contributed by atoms with E-state index >= 15 is 0 Å². The summed E-state index contributed by atoms with van der Waals surface area (Å²) in [6.45, 7) is 1.95. The van der Waals surface area contributed by atoms with Gasteiger partial charge in [0, 0.05) is 7.05 Å². The fraction of sp³-hybridized carbons (Fsp3) is 0.800. The maximum atomic E-state index is 10.6. The topological polar surface area (TPSA) is 29.1 Å². The molecule has 0 aromatic heterocycles. The fourth-order valence-electron chi connectivity index (χ4n) is 0.342. The predicted molar refractivity (Wildman–Crippen MR) is 37.1 cm³/mol. The van der Waals surface area contributed by atoms with Crippen LogP contribution in [0.5, 0.6) is 0 Å². The van der Waals surface area contributed by atoms with Crippen LogP contribution >= 0.6 is 15.9 Å². The number of carbonyl (C=O) groups is 1. The molecule has 8 heavy (non-hydrogen) atoms. The number of rotatable bonds is 2. The van der Waals surface area contributed by atoms with Gasteiger partial charge in [-0.2, -0.15) is 0 Å². The zero-order valence-corrected chi connectivity index (χ0v) is 6.66. The quantitative estimate of drug-likeness (QED) is 0.628. The Morgan fingerprint density at radius 1 is 1.88 bits per heavy atom. The zero-order valence-electron chi connectivity index (χ0n) is 5.07. The number of hydrogen-bond acceptors (Lipinski definition) is 1. The molecule has 0 saturated carbocycles. The van der Waals surface area contributed by atoms with Gasteiger partial charge in [0.15, 0.2) is 0 Å². The van der Waals surface area contributed by atoms with E-state index in [1.54, 1.807) is 7.05 Å². The van der Waals surface area contributed by atoms with Gasteiger partial charge in [-0.3, -0.25) is 4.79 Å². The van der Waals surface area contributed by atoms with Gasteiger partial charge in [0.1, 0.15) is 0 Å². The maximum absolute atomic E-state index is 10.6. The third kappa shape index (κ3) is 2.31. The summed E-state index contributed by atoms with van der Waals surface area (Å²) >= 11 is 3.19.